The highest BCUT2D eigenvalue weighted by atomic mass is 32.2. The van der Waals surface area contributed by atoms with Crippen LogP contribution in [0, 0.1) is 13.8 Å². The molecule has 116 valence electrons. The molecule has 5 heteroatoms. The molecule has 0 heterocycles. The molecule has 0 amide bonds. The van der Waals surface area contributed by atoms with E-state index in [9.17, 15) is 0 Å². The van der Waals surface area contributed by atoms with Crippen molar-refractivity contribution in [1.82, 2.24) is 10.7 Å². The van der Waals surface area contributed by atoms with Gasteiger partial charge in [-0.15, -0.1) is 11.8 Å². The topological polar surface area (TPSA) is 36.1 Å². The second-order valence-corrected chi connectivity index (χ2v) is 6.56. The van der Waals surface area contributed by atoms with Gasteiger partial charge in [0.05, 0.1) is 5.69 Å². The fraction of sp³-hybridized carbons (Fsp3) is 0.235. The van der Waals surface area contributed by atoms with Gasteiger partial charge in [0.25, 0.3) is 0 Å². The number of thioether (sulfide) groups is 1. The quantitative estimate of drug-likeness (QED) is 0.324. The van der Waals surface area contributed by atoms with Crippen LogP contribution in [0.2, 0.25) is 0 Å². The third kappa shape index (κ3) is 5.58. The summed E-state index contributed by atoms with van der Waals surface area (Å²) < 4.78 is 0. The van der Waals surface area contributed by atoms with Crippen molar-refractivity contribution in [2.75, 3.05) is 17.7 Å². The van der Waals surface area contributed by atoms with Crippen LogP contribution in [0.15, 0.2) is 53.4 Å². The van der Waals surface area contributed by atoms with Gasteiger partial charge in [-0.3, -0.25) is 10.9 Å². The molecule has 0 saturated carbocycles. The second-order valence-electron chi connectivity index (χ2n) is 4.99. The minimum Gasteiger partial charge on any atom is -0.361 e. The summed E-state index contributed by atoms with van der Waals surface area (Å²) in [4.78, 5) is 1.27. The van der Waals surface area contributed by atoms with Crippen LogP contribution in [0.25, 0.3) is 0 Å². The van der Waals surface area contributed by atoms with Crippen LogP contribution < -0.4 is 16.2 Å². The van der Waals surface area contributed by atoms with Gasteiger partial charge in [-0.05, 0) is 55.4 Å². The Kier molecular flexibility index (Phi) is 6.55. The lowest BCUT2D eigenvalue weighted by molar-refractivity contribution is 0.934. The standard InChI is InChI=1S/C17H21N3S2/c1-13-8-9-14(2)16(12-13)19-20-17(21)18-10-11-22-15-6-4-3-5-7-15/h3-9,12,19H,10-11H2,1-2H3,(H2,18,20,21). The Morgan fingerprint density at radius 2 is 1.86 bits per heavy atom. The molecule has 3 N–H and O–H groups in total. The molecule has 2 rings (SSSR count). The molecule has 0 aliphatic carbocycles. The SMILES string of the molecule is Cc1ccc(C)c(NNC(=S)NCCSc2ccccc2)c1. The van der Waals surface area contributed by atoms with Gasteiger partial charge in [0.2, 0.25) is 0 Å². The average Bonchev–Trinajstić information content (AvgIpc) is 2.53. The van der Waals surface area contributed by atoms with Crippen molar-refractivity contribution >= 4 is 34.8 Å². The van der Waals surface area contributed by atoms with E-state index in [0.717, 1.165) is 18.0 Å². The molecule has 0 saturated heterocycles. The molecule has 22 heavy (non-hydrogen) atoms. The summed E-state index contributed by atoms with van der Waals surface area (Å²) in [7, 11) is 0. The molecule has 0 aromatic heterocycles. The molecule has 2 aromatic carbocycles. The molecule has 0 unspecified atom stereocenters. The number of hydrogen-bond acceptors (Lipinski definition) is 3. The first-order valence-electron chi connectivity index (χ1n) is 7.20. The van der Waals surface area contributed by atoms with Gasteiger partial charge in [-0.1, -0.05) is 30.3 Å². The normalized spacial score (nSPS) is 10.1. The van der Waals surface area contributed by atoms with E-state index in [1.807, 2.05) is 17.8 Å². The monoisotopic (exact) mass is 331 g/mol. The first-order chi connectivity index (χ1) is 10.6. The van der Waals surface area contributed by atoms with E-state index in [2.05, 4.69) is 72.5 Å². The van der Waals surface area contributed by atoms with E-state index in [0.29, 0.717) is 5.11 Å². The fourth-order valence-corrected chi connectivity index (χ4v) is 2.83. The zero-order chi connectivity index (χ0) is 15.8. The summed E-state index contributed by atoms with van der Waals surface area (Å²) in [5, 5.41) is 3.80. The van der Waals surface area contributed by atoms with Crippen molar-refractivity contribution in [3.8, 4) is 0 Å². The van der Waals surface area contributed by atoms with Crippen molar-refractivity contribution in [2.45, 2.75) is 18.7 Å². The lowest BCUT2D eigenvalue weighted by atomic mass is 10.1. The van der Waals surface area contributed by atoms with Crippen molar-refractivity contribution < 1.29 is 0 Å². The van der Waals surface area contributed by atoms with Crippen LogP contribution in [0.3, 0.4) is 0 Å². The third-order valence-corrected chi connectivity index (χ3v) is 4.36. The maximum atomic E-state index is 5.27. The molecule has 0 aliphatic heterocycles. The summed E-state index contributed by atoms with van der Waals surface area (Å²) in [6.07, 6.45) is 0. The van der Waals surface area contributed by atoms with Crippen LogP contribution in [-0.2, 0) is 0 Å². The number of aryl methyl sites for hydroxylation is 2. The molecule has 2 aromatic rings. The summed E-state index contributed by atoms with van der Waals surface area (Å²) in [5.41, 5.74) is 9.62. The third-order valence-electron chi connectivity index (χ3n) is 3.10. The molecule has 0 bridgehead atoms. The van der Waals surface area contributed by atoms with Gasteiger partial charge in [-0.2, -0.15) is 0 Å². The average molecular weight is 332 g/mol. The van der Waals surface area contributed by atoms with E-state index in [1.165, 1.54) is 16.0 Å². The van der Waals surface area contributed by atoms with Crippen LogP contribution in [0.4, 0.5) is 5.69 Å². The highest BCUT2D eigenvalue weighted by Gasteiger charge is 1.99. The van der Waals surface area contributed by atoms with Crippen LogP contribution >= 0.6 is 24.0 Å². The number of nitrogens with one attached hydrogen (secondary N) is 3. The Morgan fingerprint density at radius 1 is 1.09 bits per heavy atom. The van der Waals surface area contributed by atoms with Gasteiger partial charge in [-0.25, -0.2) is 0 Å². The summed E-state index contributed by atoms with van der Waals surface area (Å²) in [5.74, 6) is 0.968. The smallest absolute Gasteiger partial charge is 0.185 e. The summed E-state index contributed by atoms with van der Waals surface area (Å²) in [6, 6.07) is 16.6. The first kappa shape index (κ1) is 16.6. The molecule has 0 aliphatic rings. The van der Waals surface area contributed by atoms with Crippen molar-refractivity contribution in [3.05, 3.63) is 59.7 Å². The zero-order valence-electron chi connectivity index (χ0n) is 12.8. The van der Waals surface area contributed by atoms with E-state index in [4.69, 9.17) is 12.2 Å². The number of anilines is 1. The van der Waals surface area contributed by atoms with Crippen molar-refractivity contribution in [3.63, 3.8) is 0 Å². The van der Waals surface area contributed by atoms with Gasteiger partial charge in [0.15, 0.2) is 5.11 Å². The van der Waals surface area contributed by atoms with Gasteiger partial charge < -0.3 is 5.32 Å². The van der Waals surface area contributed by atoms with E-state index >= 15 is 0 Å². The predicted octanol–water partition coefficient (Wildman–Crippen LogP) is 3.89. The molecule has 0 atom stereocenters. The Bertz CT molecular complexity index is 615. The van der Waals surface area contributed by atoms with E-state index in [1.54, 1.807) is 0 Å². The summed E-state index contributed by atoms with van der Waals surface area (Å²) >= 11 is 7.08. The Labute approximate surface area is 141 Å². The summed E-state index contributed by atoms with van der Waals surface area (Å²) in [6.45, 7) is 4.96. The lowest BCUT2D eigenvalue weighted by Crippen LogP contribution is -2.39. The first-order valence-corrected chi connectivity index (χ1v) is 8.59. The number of rotatable bonds is 6. The van der Waals surface area contributed by atoms with Crippen LogP contribution in [0.1, 0.15) is 11.1 Å². The Balaban J connectivity index is 1.67. The maximum Gasteiger partial charge on any atom is 0.185 e. The number of thiocarbonyl (C=S) groups is 1. The Morgan fingerprint density at radius 3 is 2.64 bits per heavy atom. The van der Waals surface area contributed by atoms with Gasteiger partial charge >= 0.3 is 0 Å². The Hall–Kier alpha value is -1.72. The molecular formula is C17H21N3S2. The van der Waals surface area contributed by atoms with E-state index in [-0.39, 0.29) is 0 Å². The van der Waals surface area contributed by atoms with Crippen molar-refractivity contribution in [1.29, 1.82) is 0 Å². The minimum atomic E-state index is 0.606. The number of hydrazine groups is 1. The number of hydrogen-bond donors (Lipinski definition) is 3. The molecule has 0 spiro atoms. The van der Waals surface area contributed by atoms with Gasteiger partial charge in [0.1, 0.15) is 0 Å². The second kappa shape index (κ2) is 8.66. The van der Waals surface area contributed by atoms with E-state index < -0.39 is 0 Å². The van der Waals surface area contributed by atoms with Crippen LogP contribution in [0.5, 0.6) is 0 Å². The minimum absolute atomic E-state index is 0.606. The van der Waals surface area contributed by atoms with Crippen LogP contribution in [-0.4, -0.2) is 17.4 Å². The molecule has 3 nitrogen and oxygen atoms in total. The molecule has 0 radical (unpaired) electrons. The fourth-order valence-electron chi connectivity index (χ4n) is 1.89. The largest absolute Gasteiger partial charge is 0.361 e. The van der Waals surface area contributed by atoms with Crippen molar-refractivity contribution in [2.24, 2.45) is 0 Å². The predicted molar refractivity (Wildman–Crippen MR) is 100 cm³/mol. The molecule has 0 fully saturated rings. The zero-order valence-corrected chi connectivity index (χ0v) is 14.5. The molecular weight excluding hydrogens is 310 g/mol. The highest BCUT2D eigenvalue weighted by Crippen LogP contribution is 2.16. The van der Waals surface area contributed by atoms with Gasteiger partial charge in [0, 0.05) is 17.2 Å². The number of benzene rings is 2. The highest BCUT2D eigenvalue weighted by molar-refractivity contribution is 7.99. The lowest BCUT2D eigenvalue weighted by Gasteiger charge is -2.14. The maximum absolute atomic E-state index is 5.27.